The van der Waals surface area contributed by atoms with Gasteiger partial charge in [-0.25, -0.2) is 4.79 Å². The average molecular weight is 596 g/mol. The number of carbonyl (C=O) groups is 2. The van der Waals surface area contributed by atoms with Gasteiger partial charge in [0.2, 0.25) is 5.91 Å². The number of anilines is 3. The molecule has 0 fully saturated rings. The number of nitrogens with one attached hydrogen (secondary N) is 3. The van der Waals surface area contributed by atoms with Crippen LogP contribution in [0.15, 0.2) is 59.5 Å². The van der Waals surface area contributed by atoms with Crippen LogP contribution in [0.5, 0.6) is 0 Å². The van der Waals surface area contributed by atoms with Crippen LogP contribution in [0.2, 0.25) is 0 Å². The third-order valence-corrected chi connectivity index (χ3v) is 9.48. The number of hydrogen-bond donors (Lipinski definition) is 3. The molecule has 0 spiro atoms. The average Bonchev–Trinajstić information content (AvgIpc) is 3.26. The monoisotopic (exact) mass is 595 g/mol. The van der Waals surface area contributed by atoms with Gasteiger partial charge < -0.3 is 20.7 Å². The zero-order chi connectivity index (χ0) is 28.9. The third kappa shape index (κ3) is 7.65. The van der Waals surface area contributed by atoms with Gasteiger partial charge in [-0.05, 0) is 92.6 Å². The first-order chi connectivity index (χ1) is 19.0. The number of rotatable bonds is 8. The molecule has 2 aromatic carbocycles. The molecule has 9 heteroatoms. The molecule has 1 aromatic heterocycles. The first-order valence-electron chi connectivity index (χ1n) is 13.6. The summed E-state index contributed by atoms with van der Waals surface area (Å²) < 4.78 is 5.40. The second kappa shape index (κ2) is 13.2. The van der Waals surface area contributed by atoms with Gasteiger partial charge in [-0.3, -0.25) is 4.79 Å². The Labute approximate surface area is 250 Å². The van der Waals surface area contributed by atoms with Crippen molar-refractivity contribution in [2.45, 2.75) is 64.0 Å². The van der Waals surface area contributed by atoms with Crippen molar-refractivity contribution in [1.29, 1.82) is 0 Å². The number of fused-ring (bicyclic) bond motifs is 1. The van der Waals surface area contributed by atoms with Crippen LogP contribution in [-0.2, 0) is 22.4 Å². The number of esters is 1. The molecule has 3 aromatic rings. The lowest BCUT2D eigenvalue weighted by Crippen LogP contribution is -2.27. The number of amides is 1. The summed E-state index contributed by atoms with van der Waals surface area (Å²) in [5.41, 5.74) is 3.49. The molecule has 0 saturated heterocycles. The normalized spacial score (nSPS) is 15.5. The number of carbonyl (C=O) groups excluding carboxylic acids is 2. The second-order valence-corrected chi connectivity index (χ2v) is 13.9. The van der Waals surface area contributed by atoms with E-state index in [9.17, 15) is 9.59 Å². The molecular weight excluding hydrogens is 559 g/mol. The van der Waals surface area contributed by atoms with Crippen molar-refractivity contribution < 1.29 is 14.3 Å². The van der Waals surface area contributed by atoms with Crippen molar-refractivity contribution in [3.05, 3.63) is 70.6 Å². The summed E-state index contributed by atoms with van der Waals surface area (Å²) in [6.07, 6.45) is 2.76. The minimum absolute atomic E-state index is 0.152. The topological polar surface area (TPSA) is 79.5 Å². The van der Waals surface area contributed by atoms with E-state index in [1.165, 1.54) is 28.0 Å². The maximum atomic E-state index is 13.3. The molecular formula is C31H37N3O3S3. The fourth-order valence-electron chi connectivity index (χ4n) is 4.77. The van der Waals surface area contributed by atoms with Crippen molar-refractivity contribution in [2.24, 2.45) is 11.3 Å². The molecule has 0 bridgehead atoms. The van der Waals surface area contributed by atoms with Gasteiger partial charge >= 0.3 is 5.97 Å². The Bertz CT molecular complexity index is 1370. The lowest BCUT2D eigenvalue weighted by Gasteiger charge is -2.33. The second-order valence-electron chi connectivity index (χ2n) is 11.0. The number of thiophene rings is 1. The van der Waals surface area contributed by atoms with Gasteiger partial charge in [0.1, 0.15) is 5.00 Å². The van der Waals surface area contributed by atoms with Crippen LogP contribution in [0.4, 0.5) is 16.4 Å². The predicted octanol–water partition coefficient (Wildman–Crippen LogP) is 8.00. The van der Waals surface area contributed by atoms with Gasteiger partial charge in [-0.15, -0.1) is 23.1 Å². The van der Waals surface area contributed by atoms with Gasteiger partial charge in [0.15, 0.2) is 5.11 Å². The van der Waals surface area contributed by atoms with Gasteiger partial charge in [-0.1, -0.05) is 45.0 Å². The highest BCUT2D eigenvalue weighted by Gasteiger charge is 2.34. The summed E-state index contributed by atoms with van der Waals surface area (Å²) in [5.74, 6) is 0.0215. The van der Waals surface area contributed by atoms with Crippen LogP contribution in [-0.4, -0.2) is 28.8 Å². The summed E-state index contributed by atoms with van der Waals surface area (Å²) in [5, 5.41) is 10.1. The zero-order valence-corrected chi connectivity index (χ0v) is 26.1. The number of thiocarbonyl (C=S) groups is 1. The Hall–Kier alpha value is -2.88. The van der Waals surface area contributed by atoms with E-state index in [-0.39, 0.29) is 22.5 Å². The minimum Gasteiger partial charge on any atom is -0.462 e. The first-order valence-corrected chi connectivity index (χ1v) is 15.7. The molecule has 2 atom stereocenters. The first kappa shape index (κ1) is 30.1. The number of benzene rings is 2. The van der Waals surface area contributed by atoms with Crippen LogP contribution in [0.3, 0.4) is 0 Å². The molecule has 4 rings (SSSR count). The van der Waals surface area contributed by atoms with E-state index in [2.05, 4.69) is 36.7 Å². The third-order valence-electron chi connectivity index (χ3n) is 7.01. The molecule has 0 aliphatic heterocycles. The maximum absolute atomic E-state index is 13.3. The number of thioether (sulfide) groups is 1. The largest absolute Gasteiger partial charge is 0.462 e. The van der Waals surface area contributed by atoms with Gasteiger partial charge in [0.25, 0.3) is 0 Å². The minimum atomic E-state index is -0.388. The van der Waals surface area contributed by atoms with Crippen molar-refractivity contribution >= 4 is 68.7 Å². The van der Waals surface area contributed by atoms with E-state index in [1.807, 2.05) is 61.5 Å². The van der Waals surface area contributed by atoms with E-state index in [0.717, 1.165) is 41.1 Å². The molecule has 2 unspecified atom stereocenters. The molecule has 1 amide bonds. The Morgan fingerprint density at radius 3 is 2.48 bits per heavy atom. The number of hydrogen-bond acceptors (Lipinski definition) is 6. The SMILES string of the molecule is CCOC(=O)c1c(NC(=O)C(C)Sc2cccc(NC(=S)Nc3ccccc3)c2)sc2c1CCC(C(C)(C)C)C2. The van der Waals surface area contributed by atoms with Crippen LogP contribution in [0.25, 0.3) is 0 Å². The number of para-hydroxylation sites is 1. The summed E-state index contributed by atoms with van der Waals surface area (Å²) in [7, 11) is 0. The zero-order valence-electron chi connectivity index (χ0n) is 23.6. The van der Waals surface area contributed by atoms with Crippen LogP contribution < -0.4 is 16.0 Å². The lowest BCUT2D eigenvalue weighted by atomic mass is 9.72. The van der Waals surface area contributed by atoms with Gasteiger partial charge in [0.05, 0.1) is 17.4 Å². The van der Waals surface area contributed by atoms with E-state index >= 15 is 0 Å². The Morgan fingerprint density at radius 2 is 1.77 bits per heavy atom. The fraction of sp³-hybridized carbons (Fsp3) is 0.387. The summed E-state index contributed by atoms with van der Waals surface area (Å²) in [4.78, 5) is 28.4. The summed E-state index contributed by atoms with van der Waals surface area (Å²) >= 11 is 8.43. The smallest absolute Gasteiger partial charge is 0.341 e. The molecule has 0 radical (unpaired) electrons. The van der Waals surface area contributed by atoms with Gasteiger partial charge in [0, 0.05) is 21.1 Å². The fourth-order valence-corrected chi connectivity index (χ4v) is 7.25. The van der Waals surface area contributed by atoms with E-state index in [4.69, 9.17) is 17.0 Å². The highest BCUT2D eigenvalue weighted by Crippen LogP contribution is 2.44. The molecule has 3 N–H and O–H groups in total. The highest BCUT2D eigenvalue weighted by atomic mass is 32.2. The van der Waals surface area contributed by atoms with Crippen molar-refractivity contribution in [3.63, 3.8) is 0 Å². The van der Waals surface area contributed by atoms with Crippen molar-refractivity contribution in [2.75, 3.05) is 22.6 Å². The molecule has 1 aliphatic rings. The van der Waals surface area contributed by atoms with E-state index in [0.29, 0.717) is 28.2 Å². The predicted molar refractivity (Wildman–Crippen MR) is 172 cm³/mol. The lowest BCUT2D eigenvalue weighted by molar-refractivity contribution is -0.115. The molecule has 1 heterocycles. The standard InChI is InChI=1S/C31H37N3O3S3/c1-6-37-29(36)26-24-16-15-20(31(3,4)5)17-25(24)40-28(26)34-27(35)19(2)39-23-14-10-13-22(18-23)33-30(38)32-21-11-8-7-9-12-21/h7-14,18-20H,6,15-17H2,1-5H3,(H,34,35)(H2,32,33,38). The molecule has 6 nitrogen and oxygen atoms in total. The Kier molecular flexibility index (Phi) is 9.92. The quantitative estimate of drug-likeness (QED) is 0.138. The molecule has 0 saturated carbocycles. The Morgan fingerprint density at radius 1 is 1.07 bits per heavy atom. The van der Waals surface area contributed by atoms with Gasteiger partial charge in [-0.2, -0.15) is 0 Å². The van der Waals surface area contributed by atoms with Crippen LogP contribution in [0, 0.1) is 11.3 Å². The maximum Gasteiger partial charge on any atom is 0.341 e. The highest BCUT2D eigenvalue weighted by molar-refractivity contribution is 8.00. The van der Waals surface area contributed by atoms with Crippen LogP contribution >= 0.6 is 35.3 Å². The molecule has 1 aliphatic carbocycles. The molecule has 212 valence electrons. The molecule has 40 heavy (non-hydrogen) atoms. The van der Waals surface area contributed by atoms with E-state index < -0.39 is 0 Å². The van der Waals surface area contributed by atoms with E-state index in [1.54, 1.807) is 6.92 Å². The summed E-state index contributed by atoms with van der Waals surface area (Å²) in [6.45, 7) is 10.8. The van der Waals surface area contributed by atoms with Crippen molar-refractivity contribution in [1.82, 2.24) is 0 Å². The number of ether oxygens (including phenoxy) is 1. The Balaban J connectivity index is 1.44. The summed E-state index contributed by atoms with van der Waals surface area (Å²) in [6, 6.07) is 17.5. The van der Waals surface area contributed by atoms with Crippen molar-refractivity contribution in [3.8, 4) is 0 Å². The van der Waals surface area contributed by atoms with Crippen LogP contribution in [0.1, 0.15) is 61.8 Å².